The molecule has 0 radical (unpaired) electrons. The fourth-order valence-corrected chi connectivity index (χ4v) is 2.02. The Morgan fingerprint density at radius 1 is 1.41 bits per heavy atom. The highest BCUT2D eigenvalue weighted by Crippen LogP contribution is 2.18. The van der Waals surface area contributed by atoms with Crippen LogP contribution >= 0.6 is 0 Å². The number of aromatic amines is 1. The predicted molar refractivity (Wildman–Crippen MR) is 68.0 cm³/mol. The number of imidazole rings is 2. The summed E-state index contributed by atoms with van der Waals surface area (Å²) in [5.74, 6) is 1.49. The molecule has 2 aromatic rings. The number of H-pyrrole nitrogens is 1. The van der Waals surface area contributed by atoms with Gasteiger partial charge in [0.05, 0.1) is 6.33 Å². The molecule has 0 aliphatic heterocycles. The molecule has 0 saturated heterocycles. The van der Waals surface area contributed by atoms with Gasteiger partial charge < -0.3 is 9.55 Å². The third-order valence-corrected chi connectivity index (χ3v) is 3.22. The third kappa shape index (κ3) is 2.75. The normalized spacial score (nSPS) is 12.9. The number of hydrogen-bond acceptors (Lipinski definition) is 2. The molecule has 0 bridgehead atoms. The lowest BCUT2D eigenvalue weighted by Crippen LogP contribution is -2.05. The van der Waals surface area contributed by atoms with Crippen molar-refractivity contribution in [3.05, 3.63) is 35.9 Å². The first-order chi connectivity index (χ1) is 8.20. The molecular formula is C13H20N4. The van der Waals surface area contributed by atoms with Crippen LogP contribution in [-0.2, 0) is 13.0 Å². The Hall–Kier alpha value is -1.58. The fraction of sp³-hybridized carbons (Fsp3) is 0.538. The standard InChI is InChI=1S/C13H20N4/c1-4-12-7-14-9-17(12)6-5-10(2)13-8-15-11(3)16-13/h7-10H,4-6H2,1-3H3,(H,15,16). The van der Waals surface area contributed by atoms with Gasteiger partial charge in [0.2, 0.25) is 0 Å². The summed E-state index contributed by atoms with van der Waals surface area (Å²) in [5.41, 5.74) is 2.53. The van der Waals surface area contributed by atoms with Crippen LogP contribution in [-0.4, -0.2) is 19.5 Å². The predicted octanol–water partition coefficient (Wildman–Crippen LogP) is 2.67. The molecule has 0 aromatic carbocycles. The summed E-state index contributed by atoms with van der Waals surface area (Å²) in [6.07, 6.45) is 7.95. The smallest absolute Gasteiger partial charge is 0.103 e. The van der Waals surface area contributed by atoms with Crippen LogP contribution in [0.1, 0.15) is 43.4 Å². The van der Waals surface area contributed by atoms with Gasteiger partial charge in [-0.2, -0.15) is 0 Å². The molecule has 0 aliphatic carbocycles. The lowest BCUT2D eigenvalue weighted by Gasteiger charge is -2.11. The van der Waals surface area contributed by atoms with Gasteiger partial charge in [-0.05, 0) is 25.7 Å². The van der Waals surface area contributed by atoms with Gasteiger partial charge in [0, 0.05) is 30.3 Å². The molecule has 0 amide bonds. The van der Waals surface area contributed by atoms with Crippen LogP contribution in [0.25, 0.3) is 0 Å². The van der Waals surface area contributed by atoms with E-state index in [4.69, 9.17) is 0 Å². The first-order valence-corrected chi connectivity index (χ1v) is 6.21. The Morgan fingerprint density at radius 3 is 2.88 bits per heavy atom. The zero-order valence-corrected chi connectivity index (χ0v) is 10.8. The van der Waals surface area contributed by atoms with Crippen LogP contribution in [0.5, 0.6) is 0 Å². The van der Waals surface area contributed by atoms with E-state index in [0.717, 1.165) is 25.2 Å². The first kappa shape index (κ1) is 11.9. The molecule has 2 rings (SSSR count). The Bertz CT molecular complexity index is 469. The highest BCUT2D eigenvalue weighted by molar-refractivity contribution is 5.06. The van der Waals surface area contributed by atoms with Crippen molar-refractivity contribution in [2.75, 3.05) is 0 Å². The molecular weight excluding hydrogens is 212 g/mol. The number of hydrogen-bond donors (Lipinski definition) is 1. The third-order valence-electron chi connectivity index (χ3n) is 3.22. The van der Waals surface area contributed by atoms with Gasteiger partial charge in [0.25, 0.3) is 0 Å². The minimum atomic E-state index is 0.503. The van der Waals surface area contributed by atoms with E-state index in [1.807, 2.05) is 25.6 Å². The van der Waals surface area contributed by atoms with E-state index >= 15 is 0 Å². The number of aromatic nitrogens is 4. The minimum absolute atomic E-state index is 0.503. The molecule has 1 unspecified atom stereocenters. The summed E-state index contributed by atoms with van der Waals surface area (Å²) >= 11 is 0. The quantitative estimate of drug-likeness (QED) is 0.861. The number of nitrogens with one attached hydrogen (secondary N) is 1. The molecule has 0 aliphatic rings. The summed E-state index contributed by atoms with van der Waals surface area (Å²) in [4.78, 5) is 11.7. The molecule has 4 heteroatoms. The van der Waals surface area contributed by atoms with Crippen LogP contribution in [0.15, 0.2) is 18.7 Å². The average molecular weight is 232 g/mol. The van der Waals surface area contributed by atoms with E-state index in [2.05, 4.69) is 33.4 Å². The zero-order chi connectivity index (χ0) is 12.3. The van der Waals surface area contributed by atoms with Gasteiger partial charge >= 0.3 is 0 Å². The summed E-state index contributed by atoms with van der Waals surface area (Å²) < 4.78 is 2.24. The van der Waals surface area contributed by atoms with E-state index in [1.165, 1.54) is 11.4 Å². The summed E-state index contributed by atoms with van der Waals surface area (Å²) in [6, 6.07) is 0. The van der Waals surface area contributed by atoms with Crippen molar-refractivity contribution >= 4 is 0 Å². The van der Waals surface area contributed by atoms with E-state index in [1.54, 1.807) is 0 Å². The van der Waals surface area contributed by atoms with Gasteiger partial charge in [0.15, 0.2) is 0 Å². The maximum Gasteiger partial charge on any atom is 0.103 e. The Morgan fingerprint density at radius 2 is 2.24 bits per heavy atom. The van der Waals surface area contributed by atoms with E-state index in [9.17, 15) is 0 Å². The Balaban J connectivity index is 1.94. The van der Waals surface area contributed by atoms with Crippen LogP contribution in [0.2, 0.25) is 0 Å². The largest absolute Gasteiger partial charge is 0.346 e. The highest BCUT2D eigenvalue weighted by Gasteiger charge is 2.09. The van der Waals surface area contributed by atoms with Gasteiger partial charge in [-0.1, -0.05) is 13.8 Å². The van der Waals surface area contributed by atoms with E-state index in [-0.39, 0.29) is 0 Å². The topological polar surface area (TPSA) is 46.5 Å². The monoisotopic (exact) mass is 232 g/mol. The second-order valence-electron chi connectivity index (χ2n) is 4.55. The Kier molecular flexibility index (Phi) is 3.61. The number of aryl methyl sites for hydroxylation is 3. The summed E-state index contributed by atoms with van der Waals surface area (Å²) in [5, 5.41) is 0. The fourth-order valence-electron chi connectivity index (χ4n) is 2.02. The van der Waals surface area contributed by atoms with E-state index in [0.29, 0.717) is 5.92 Å². The molecule has 1 N–H and O–H groups in total. The highest BCUT2D eigenvalue weighted by atomic mass is 15.0. The lowest BCUT2D eigenvalue weighted by molar-refractivity contribution is 0.555. The molecule has 0 fully saturated rings. The van der Waals surface area contributed by atoms with Gasteiger partial charge in [-0.25, -0.2) is 9.97 Å². The van der Waals surface area contributed by atoms with Crippen molar-refractivity contribution < 1.29 is 0 Å². The maximum absolute atomic E-state index is 4.24. The molecule has 17 heavy (non-hydrogen) atoms. The molecule has 92 valence electrons. The van der Waals surface area contributed by atoms with Crippen molar-refractivity contribution in [2.45, 2.75) is 46.1 Å². The first-order valence-electron chi connectivity index (χ1n) is 6.21. The average Bonchev–Trinajstić information content (AvgIpc) is 2.94. The van der Waals surface area contributed by atoms with E-state index < -0.39 is 0 Å². The van der Waals surface area contributed by atoms with Crippen molar-refractivity contribution in [1.82, 2.24) is 19.5 Å². The van der Waals surface area contributed by atoms with Gasteiger partial charge in [0.1, 0.15) is 5.82 Å². The molecule has 2 aromatic heterocycles. The molecule has 0 saturated carbocycles. The lowest BCUT2D eigenvalue weighted by atomic mass is 10.1. The maximum atomic E-state index is 4.24. The van der Waals surface area contributed by atoms with Gasteiger partial charge in [-0.15, -0.1) is 0 Å². The van der Waals surface area contributed by atoms with Gasteiger partial charge in [-0.3, -0.25) is 0 Å². The van der Waals surface area contributed by atoms with Crippen molar-refractivity contribution in [3.63, 3.8) is 0 Å². The number of rotatable bonds is 5. The molecule has 4 nitrogen and oxygen atoms in total. The van der Waals surface area contributed by atoms with Crippen LogP contribution < -0.4 is 0 Å². The molecule has 0 spiro atoms. The van der Waals surface area contributed by atoms with Crippen molar-refractivity contribution in [3.8, 4) is 0 Å². The van der Waals surface area contributed by atoms with Crippen molar-refractivity contribution in [1.29, 1.82) is 0 Å². The Labute approximate surface area is 102 Å². The minimum Gasteiger partial charge on any atom is -0.346 e. The summed E-state index contributed by atoms with van der Waals surface area (Å²) in [7, 11) is 0. The second kappa shape index (κ2) is 5.17. The molecule has 1 atom stereocenters. The van der Waals surface area contributed by atoms with Crippen LogP contribution in [0.3, 0.4) is 0 Å². The second-order valence-corrected chi connectivity index (χ2v) is 4.55. The summed E-state index contributed by atoms with van der Waals surface area (Å²) in [6.45, 7) is 7.40. The van der Waals surface area contributed by atoms with Crippen molar-refractivity contribution in [2.24, 2.45) is 0 Å². The molecule has 2 heterocycles. The van der Waals surface area contributed by atoms with Crippen LogP contribution in [0, 0.1) is 6.92 Å². The number of nitrogens with zero attached hydrogens (tertiary/aromatic N) is 3. The zero-order valence-electron chi connectivity index (χ0n) is 10.8. The van der Waals surface area contributed by atoms with Crippen LogP contribution in [0.4, 0.5) is 0 Å². The SMILES string of the molecule is CCc1cncn1CCC(C)c1cnc(C)[nH]1.